The van der Waals surface area contributed by atoms with E-state index in [4.69, 9.17) is 28.9 Å². The second kappa shape index (κ2) is 8.56. The van der Waals surface area contributed by atoms with Gasteiger partial charge in [0, 0.05) is 29.1 Å². The molecular formula is C20H13Cl2F2N3O3. The van der Waals surface area contributed by atoms with Crippen LogP contribution < -0.4 is 16.4 Å². The van der Waals surface area contributed by atoms with Crippen LogP contribution in [0.15, 0.2) is 48.5 Å². The number of nitrogens with one attached hydrogen (secondary N) is 2. The van der Waals surface area contributed by atoms with Gasteiger partial charge in [-0.25, -0.2) is 8.78 Å². The maximum Gasteiger partial charge on any atom is 0.259 e. The van der Waals surface area contributed by atoms with Crippen molar-refractivity contribution in [3.8, 4) is 5.75 Å². The number of phenolic OH excluding ortho intramolecular Hbond substituents is 1. The van der Waals surface area contributed by atoms with Gasteiger partial charge < -0.3 is 21.5 Å². The molecule has 0 aliphatic carbocycles. The van der Waals surface area contributed by atoms with Crippen molar-refractivity contribution < 1.29 is 23.5 Å². The van der Waals surface area contributed by atoms with Gasteiger partial charge in [-0.1, -0.05) is 23.2 Å². The number of amides is 2. The van der Waals surface area contributed by atoms with Gasteiger partial charge in [0.2, 0.25) is 0 Å². The second-order valence-electron chi connectivity index (χ2n) is 6.15. The zero-order chi connectivity index (χ0) is 22.0. The molecule has 0 heterocycles. The van der Waals surface area contributed by atoms with E-state index < -0.39 is 29.2 Å². The zero-order valence-corrected chi connectivity index (χ0v) is 16.5. The lowest BCUT2D eigenvalue weighted by Gasteiger charge is -2.11. The Labute approximate surface area is 179 Å². The maximum atomic E-state index is 13.3. The first-order valence-corrected chi connectivity index (χ1v) is 9.06. The fourth-order valence-corrected chi connectivity index (χ4v) is 3.03. The molecule has 0 aliphatic rings. The minimum atomic E-state index is -0.905. The largest absolute Gasteiger partial charge is 0.507 e. The van der Waals surface area contributed by atoms with E-state index in [0.717, 1.165) is 18.2 Å². The van der Waals surface area contributed by atoms with Crippen LogP contribution in [0, 0.1) is 11.6 Å². The molecule has 0 saturated heterocycles. The van der Waals surface area contributed by atoms with Crippen molar-refractivity contribution >= 4 is 52.1 Å². The third-order valence-corrected chi connectivity index (χ3v) is 4.59. The Morgan fingerprint density at radius 1 is 0.833 bits per heavy atom. The van der Waals surface area contributed by atoms with Crippen LogP contribution in [0.25, 0.3) is 0 Å². The van der Waals surface area contributed by atoms with E-state index in [2.05, 4.69) is 10.6 Å². The van der Waals surface area contributed by atoms with Crippen LogP contribution >= 0.6 is 23.2 Å². The molecule has 2 amide bonds. The van der Waals surface area contributed by atoms with Gasteiger partial charge in [0.05, 0.1) is 21.3 Å². The highest BCUT2D eigenvalue weighted by molar-refractivity contribution is 6.39. The van der Waals surface area contributed by atoms with Crippen LogP contribution in [0.5, 0.6) is 5.75 Å². The molecule has 0 bridgehead atoms. The number of nitrogens with two attached hydrogens (primary N) is 1. The molecule has 3 rings (SSSR count). The number of halogens is 4. The van der Waals surface area contributed by atoms with Crippen molar-refractivity contribution in [1.29, 1.82) is 0 Å². The molecule has 0 spiro atoms. The number of aromatic hydroxyl groups is 1. The maximum absolute atomic E-state index is 13.3. The molecule has 0 atom stereocenters. The van der Waals surface area contributed by atoms with Crippen molar-refractivity contribution in [2.75, 3.05) is 16.4 Å². The van der Waals surface area contributed by atoms with E-state index in [0.29, 0.717) is 6.07 Å². The topological polar surface area (TPSA) is 104 Å². The Bertz CT molecular complexity index is 1130. The van der Waals surface area contributed by atoms with Gasteiger partial charge in [0.1, 0.15) is 17.4 Å². The summed E-state index contributed by atoms with van der Waals surface area (Å²) in [4.78, 5) is 24.6. The van der Waals surface area contributed by atoms with Crippen LogP contribution in [-0.2, 0) is 0 Å². The van der Waals surface area contributed by atoms with Gasteiger partial charge in [-0.2, -0.15) is 0 Å². The van der Waals surface area contributed by atoms with Crippen LogP contribution in [0.2, 0.25) is 10.0 Å². The number of phenols is 1. The Hall–Kier alpha value is -3.36. The highest BCUT2D eigenvalue weighted by atomic mass is 35.5. The molecular weight excluding hydrogens is 439 g/mol. The predicted molar refractivity (Wildman–Crippen MR) is 111 cm³/mol. The molecule has 0 radical (unpaired) electrons. The summed E-state index contributed by atoms with van der Waals surface area (Å²) >= 11 is 11.8. The zero-order valence-electron chi connectivity index (χ0n) is 15.0. The standard InChI is InChI=1S/C20H13Cl2F2N3O3/c21-15-6-13(7-16(22)18(15)25)27-20(30)14-2-1-12(8-17(14)28)26-19(29)9-3-10(23)5-11(24)4-9/h1-8,28H,25H2,(H,26,29)(H,27,30). The van der Waals surface area contributed by atoms with E-state index in [1.807, 2.05) is 0 Å². The van der Waals surface area contributed by atoms with Gasteiger partial charge >= 0.3 is 0 Å². The van der Waals surface area contributed by atoms with Crippen molar-refractivity contribution in [3.05, 3.63) is 81.3 Å². The van der Waals surface area contributed by atoms with Crippen LogP contribution in [0.4, 0.5) is 25.8 Å². The summed E-state index contributed by atoms with van der Waals surface area (Å²) in [7, 11) is 0. The average Bonchev–Trinajstić information content (AvgIpc) is 2.65. The number of hydrogen-bond donors (Lipinski definition) is 4. The minimum Gasteiger partial charge on any atom is -0.507 e. The van der Waals surface area contributed by atoms with Crippen molar-refractivity contribution in [3.63, 3.8) is 0 Å². The Balaban J connectivity index is 1.76. The smallest absolute Gasteiger partial charge is 0.259 e. The molecule has 0 unspecified atom stereocenters. The van der Waals surface area contributed by atoms with Gasteiger partial charge in [-0.15, -0.1) is 0 Å². The Morgan fingerprint density at radius 2 is 1.40 bits per heavy atom. The first-order chi connectivity index (χ1) is 14.1. The minimum absolute atomic E-state index is 0.103. The van der Waals surface area contributed by atoms with E-state index in [-0.39, 0.29) is 38.2 Å². The van der Waals surface area contributed by atoms with E-state index >= 15 is 0 Å². The molecule has 6 nitrogen and oxygen atoms in total. The monoisotopic (exact) mass is 451 g/mol. The summed E-state index contributed by atoms with van der Waals surface area (Å²) in [5.41, 5.74) is 5.82. The lowest BCUT2D eigenvalue weighted by atomic mass is 10.1. The highest BCUT2D eigenvalue weighted by Gasteiger charge is 2.15. The number of nitrogen functional groups attached to an aromatic ring is 1. The number of anilines is 3. The normalized spacial score (nSPS) is 10.5. The van der Waals surface area contributed by atoms with Crippen LogP contribution in [0.3, 0.4) is 0 Å². The summed E-state index contributed by atoms with van der Waals surface area (Å²) in [5, 5.41) is 15.3. The first kappa shape index (κ1) is 21.4. The van der Waals surface area contributed by atoms with E-state index in [1.165, 1.54) is 24.3 Å². The van der Waals surface area contributed by atoms with E-state index in [1.54, 1.807) is 0 Å². The molecule has 0 saturated carbocycles. The summed E-state index contributed by atoms with van der Waals surface area (Å²) in [6, 6.07) is 8.86. The molecule has 10 heteroatoms. The number of rotatable bonds is 4. The number of hydrogen-bond acceptors (Lipinski definition) is 4. The lowest BCUT2D eigenvalue weighted by molar-refractivity contribution is 0.101. The van der Waals surface area contributed by atoms with Crippen LogP contribution in [-0.4, -0.2) is 16.9 Å². The quantitative estimate of drug-likeness (QED) is 0.415. The van der Waals surface area contributed by atoms with Gasteiger partial charge in [-0.05, 0) is 36.4 Å². The molecule has 0 fully saturated rings. The summed E-state index contributed by atoms with van der Waals surface area (Å²) < 4.78 is 26.5. The van der Waals surface area contributed by atoms with Crippen LogP contribution in [0.1, 0.15) is 20.7 Å². The molecule has 154 valence electrons. The molecule has 3 aromatic rings. The fourth-order valence-electron chi connectivity index (χ4n) is 2.54. The Morgan fingerprint density at radius 3 is 1.97 bits per heavy atom. The molecule has 5 N–H and O–H groups in total. The summed E-state index contributed by atoms with van der Waals surface area (Å²) in [6.45, 7) is 0. The van der Waals surface area contributed by atoms with Crippen molar-refractivity contribution in [2.45, 2.75) is 0 Å². The number of carbonyl (C=O) groups is 2. The number of carbonyl (C=O) groups excluding carboxylic acids is 2. The molecule has 3 aromatic carbocycles. The second-order valence-corrected chi connectivity index (χ2v) is 6.97. The van der Waals surface area contributed by atoms with E-state index in [9.17, 15) is 23.5 Å². The average molecular weight is 452 g/mol. The SMILES string of the molecule is Nc1c(Cl)cc(NC(=O)c2ccc(NC(=O)c3cc(F)cc(F)c3)cc2O)cc1Cl. The first-order valence-electron chi connectivity index (χ1n) is 8.30. The Kier molecular flexibility index (Phi) is 6.09. The fraction of sp³-hybridized carbons (Fsp3) is 0. The third-order valence-electron chi connectivity index (χ3n) is 3.96. The summed E-state index contributed by atoms with van der Waals surface area (Å²) in [5.74, 6) is -3.72. The highest BCUT2D eigenvalue weighted by Crippen LogP contribution is 2.32. The summed E-state index contributed by atoms with van der Waals surface area (Å²) in [6.07, 6.45) is 0. The van der Waals surface area contributed by atoms with Gasteiger partial charge in [-0.3, -0.25) is 9.59 Å². The van der Waals surface area contributed by atoms with Crippen molar-refractivity contribution in [1.82, 2.24) is 0 Å². The third kappa shape index (κ3) is 4.79. The van der Waals surface area contributed by atoms with Gasteiger partial charge in [0.15, 0.2) is 0 Å². The predicted octanol–water partition coefficient (Wildman–Crippen LogP) is 5.06. The van der Waals surface area contributed by atoms with Gasteiger partial charge in [0.25, 0.3) is 11.8 Å². The molecule has 30 heavy (non-hydrogen) atoms. The number of benzene rings is 3. The molecule has 0 aromatic heterocycles. The van der Waals surface area contributed by atoms with Crippen molar-refractivity contribution in [2.24, 2.45) is 0 Å². The molecule has 0 aliphatic heterocycles. The lowest BCUT2D eigenvalue weighted by Crippen LogP contribution is -2.14.